The van der Waals surface area contributed by atoms with Crippen LogP contribution in [0.2, 0.25) is 0 Å². The van der Waals surface area contributed by atoms with Gasteiger partial charge in [-0.25, -0.2) is 0 Å². The molecule has 0 atom stereocenters. The van der Waals surface area contributed by atoms with Crippen molar-refractivity contribution in [1.29, 1.82) is 0 Å². The molecule has 0 fully saturated rings. The Balaban J connectivity index is 1.37. The van der Waals surface area contributed by atoms with Crippen LogP contribution in [0.4, 0.5) is 17.1 Å². The number of aryl methyl sites for hydroxylation is 3. The molecule has 0 aliphatic heterocycles. The van der Waals surface area contributed by atoms with Gasteiger partial charge in [0.2, 0.25) is 0 Å². The van der Waals surface area contributed by atoms with Crippen molar-refractivity contribution < 1.29 is 0 Å². The number of nitrogens with zero attached hydrogens (tertiary/aromatic N) is 1. The molecule has 0 unspecified atom stereocenters. The monoisotopic (exact) mass is 497 g/mol. The summed E-state index contributed by atoms with van der Waals surface area (Å²) in [4.78, 5) is 3.63. The minimum absolute atomic E-state index is 1.15. The number of para-hydroxylation sites is 1. The molecule has 37 heavy (non-hydrogen) atoms. The van der Waals surface area contributed by atoms with Gasteiger partial charge in [0, 0.05) is 16.3 Å². The molecule has 0 saturated heterocycles. The van der Waals surface area contributed by atoms with Crippen molar-refractivity contribution in [3.05, 3.63) is 147 Å². The van der Waals surface area contributed by atoms with E-state index in [0.717, 1.165) is 11.4 Å². The summed E-state index contributed by atoms with van der Waals surface area (Å²) in [7, 11) is 0. The van der Waals surface area contributed by atoms with Crippen molar-refractivity contribution in [1.82, 2.24) is 0 Å². The third kappa shape index (κ3) is 5.99. The van der Waals surface area contributed by atoms with Crippen molar-refractivity contribution in [3.63, 3.8) is 0 Å². The molecule has 0 saturated carbocycles. The van der Waals surface area contributed by atoms with Crippen LogP contribution in [0.15, 0.2) is 109 Å². The maximum absolute atomic E-state index is 2.36. The lowest BCUT2D eigenvalue weighted by Gasteiger charge is -2.29. The van der Waals surface area contributed by atoms with Crippen molar-refractivity contribution in [2.24, 2.45) is 0 Å². The Hall–Kier alpha value is -4.14. The average molecular weight is 498 g/mol. The van der Waals surface area contributed by atoms with Gasteiger partial charge in [0.1, 0.15) is 0 Å². The largest absolute Gasteiger partial charge is 0.310 e. The molecule has 2 heteroatoms. The zero-order chi connectivity index (χ0) is 25.6. The Kier molecular flexibility index (Phi) is 7.49. The molecule has 1 aromatic heterocycles. The molecule has 0 bridgehead atoms. The molecular formula is C35H31NS. The fourth-order valence-electron chi connectivity index (χ4n) is 4.72. The molecule has 5 aromatic rings. The molecule has 1 nitrogen and oxygen atoms in total. The maximum atomic E-state index is 2.36. The Bertz CT molecular complexity index is 1480. The lowest BCUT2D eigenvalue weighted by Crippen LogP contribution is -2.13. The van der Waals surface area contributed by atoms with Gasteiger partial charge in [-0.2, -0.15) is 0 Å². The van der Waals surface area contributed by atoms with Gasteiger partial charge in [0.25, 0.3) is 0 Å². The van der Waals surface area contributed by atoms with Gasteiger partial charge in [-0.3, -0.25) is 0 Å². The first-order valence-electron chi connectivity index (χ1n) is 12.6. The van der Waals surface area contributed by atoms with E-state index in [9.17, 15) is 0 Å². The molecule has 0 radical (unpaired) electrons. The fourth-order valence-corrected chi connectivity index (χ4v) is 5.34. The highest BCUT2D eigenvalue weighted by Gasteiger charge is 2.16. The number of hydrogen-bond donors (Lipinski definition) is 0. The van der Waals surface area contributed by atoms with Gasteiger partial charge in [0.05, 0.1) is 5.69 Å². The normalized spacial score (nSPS) is 11.4. The summed E-state index contributed by atoms with van der Waals surface area (Å²) < 4.78 is 0. The highest BCUT2D eigenvalue weighted by Crippen LogP contribution is 2.39. The molecule has 0 spiro atoms. The Labute approximate surface area is 224 Å². The van der Waals surface area contributed by atoms with E-state index in [1.807, 2.05) is 0 Å². The van der Waals surface area contributed by atoms with E-state index in [4.69, 9.17) is 0 Å². The highest BCUT2D eigenvalue weighted by molar-refractivity contribution is 7.10. The van der Waals surface area contributed by atoms with Gasteiger partial charge < -0.3 is 4.90 Å². The molecule has 5 rings (SSSR count). The van der Waals surface area contributed by atoms with Crippen LogP contribution in [-0.2, 0) is 0 Å². The predicted molar refractivity (Wildman–Crippen MR) is 164 cm³/mol. The van der Waals surface area contributed by atoms with E-state index in [1.54, 1.807) is 11.3 Å². The highest BCUT2D eigenvalue weighted by atomic mass is 32.1. The first-order valence-corrected chi connectivity index (χ1v) is 13.5. The van der Waals surface area contributed by atoms with Crippen molar-refractivity contribution in [2.45, 2.75) is 20.8 Å². The van der Waals surface area contributed by atoms with E-state index in [2.05, 4.69) is 158 Å². The van der Waals surface area contributed by atoms with Crippen molar-refractivity contribution >= 4 is 52.7 Å². The van der Waals surface area contributed by atoms with Gasteiger partial charge in [-0.1, -0.05) is 96.6 Å². The van der Waals surface area contributed by atoms with Crippen LogP contribution in [0.3, 0.4) is 0 Å². The Morgan fingerprint density at radius 3 is 1.59 bits per heavy atom. The molecule has 0 aliphatic carbocycles. The number of hydrogen-bond acceptors (Lipinski definition) is 2. The first kappa shape index (κ1) is 24.5. The maximum Gasteiger partial charge on any atom is 0.0520 e. The lowest BCUT2D eigenvalue weighted by molar-refractivity contribution is 1.20. The minimum atomic E-state index is 1.15. The summed E-state index contributed by atoms with van der Waals surface area (Å²) in [5, 5.41) is 2.10. The second kappa shape index (κ2) is 11.3. The lowest BCUT2D eigenvalue weighted by atomic mass is 10.0. The first-order chi connectivity index (χ1) is 18.1. The Morgan fingerprint density at radius 2 is 1.05 bits per heavy atom. The summed E-state index contributed by atoms with van der Waals surface area (Å²) >= 11 is 1.75. The fraction of sp³-hybridized carbons (Fsp3) is 0.0857. The minimum Gasteiger partial charge on any atom is -0.310 e. The Morgan fingerprint density at radius 1 is 0.541 bits per heavy atom. The summed E-state index contributed by atoms with van der Waals surface area (Å²) in [5.41, 5.74) is 11.0. The summed E-state index contributed by atoms with van der Waals surface area (Å²) in [6, 6.07) is 36.8. The summed E-state index contributed by atoms with van der Waals surface area (Å²) in [6.07, 6.45) is 8.67. The molecule has 182 valence electrons. The number of thiophene rings is 1. The van der Waals surface area contributed by atoms with Gasteiger partial charge in [0.15, 0.2) is 0 Å². The SMILES string of the molecule is Cc1cc(C)c(N(c2ccccc2)c2ccc(C=Cc3ccc(C=Cc4cccs4)cc3)cc2)c(C)c1. The van der Waals surface area contributed by atoms with Crippen LogP contribution < -0.4 is 4.90 Å². The van der Waals surface area contributed by atoms with Crippen LogP contribution in [0.25, 0.3) is 24.3 Å². The topological polar surface area (TPSA) is 3.24 Å². The van der Waals surface area contributed by atoms with E-state index in [0.29, 0.717) is 0 Å². The van der Waals surface area contributed by atoms with Crippen LogP contribution in [0.5, 0.6) is 0 Å². The number of benzene rings is 4. The quantitative estimate of drug-likeness (QED) is 0.202. The van der Waals surface area contributed by atoms with E-state index in [-0.39, 0.29) is 0 Å². The predicted octanol–water partition coefficient (Wildman–Crippen LogP) is 10.5. The summed E-state index contributed by atoms with van der Waals surface area (Å²) in [6.45, 7) is 6.56. The van der Waals surface area contributed by atoms with Crippen molar-refractivity contribution in [3.8, 4) is 0 Å². The van der Waals surface area contributed by atoms with E-state index in [1.165, 1.54) is 43.9 Å². The molecule has 0 aliphatic rings. The number of anilines is 3. The van der Waals surface area contributed by atoms with Gasteiger partial charge >= 0.3 is 0 Å². The van der Waals surface area contributed by atoms with Crippen LogP contribution in [0, 0.1) is 20.8 Å². The molecular weight excluding hydrogens is 466 g/mol. The summed E-state index contributed by atoms with van der Waals surface area (Å²) in [5.74, 6) is 0. The zero-order valence-corrected chi connectivity index (χ0v) is 22.4. The smallest absolute Gasteiger partial charge is 0.0520 e. The number of rotatable bonds is 7. The zero-order valence-electron chi connectivity index (χ0n) is 21.6. The third-order valence-corrected chi connectivity index (χ3v) is 7.25. The molecule has 0 N–H and O–H groups in total. The van der Waals surface area contributed by atoms with Crippen LogP contribution in [-0.4, -0.2) is 0 Å². The second-order valence-corrected chi connectivity index (χ2v) is 10.3. The third-order valence-electron chi connectivity index (χ3n) is 6.41. The molecule has 0 amide bonds. The second-order valence-electron chi connectivity index (χ2n) is 9.36. The van der Waals surface area contributed by atoms with Crippen LogP contribution >= 0.6 is 11.3 Å². The molecule has 1 heterocycles. The standard InChI is InChI=1S/C35H31NS/c1-26-24-27(2)35(28(3)25-26)36(32-8-5-4-6-9-32)33-20-17-31(18-21-33)16-13-29-11-14-30(15-12-29)19-22-34-10-7-23-37-34/h4-25H,1-3H3. The van der Waals surface area contributed by atoms with E-state index >= 15 is 0 Å². The average Bonchev–Trinajstić information content (AvgIpc) is 3.44. The van der Waals surface area contributed by atoms with Gasteiger partial charge in [-0.05, 0) is 90.4 Å². The van der Waals surface area contributed by atoms with Crippen molar-refractivity contribution in [2.75, 3.05) is 4.90 Å². The van der Waals surface area contributed by atoms with E-state index < -0.39 is 0 Å². The molecule has 4 aromatic carbocycles. The van der Waals surface area contributed by atoms with Crippen LogP contribution in [0.1, 0.15) is 38.3 Å². The van der Waals surface area contributed by atoms with Gasteiger partial charge in [-0.15, -0.1) is 11.3 Å².